The molecule has 0 fully saturated rings. The van der Waals surface area contributed by atoms with E-state index in [2.05, 4.69) is 0 Å². The van der Waals surface area contributed by atoms with Crippen molar-refractivity contribution in [3.8, 4) is 6.07 Å². The van der Waals surface area contributed by atoms with E-state index in [-0.39, 0.29) is 6.54 Å². The van der Waals surface area contributed by atoms with Crippen LogP contribution in [-0.2, 0) is 6.54 Å². The van der Waals surface area contributed by atoms with Gasteiger partial charge in [0.15, 0.2) is 0 Å². The first-order valence-electron chi connectivity index (χ1n) is 5.62. The molecule has 1 amide bonds. The molecule has 4 nitrogen and oxygen atoms in total. The molecule has 0 saturated carbocycles. The molecule has 0 aliphatic carbocycles. The third kappa shape index (κ3) is 3.80. The number of nitrogens with zero attached hydrogens (tertiary/aromatic N) is 2. The van der Waals surface area contributed by atoms with Crippen molar-refractivity contribution < 1.29 is 9.90 Å². The fraction of sp³-hybridized carbons (Fsp3) is 0.385. The standard InChI is InChI=1S/C13H16N2O2/c1-2-6-12(9-14)15(13(16)17)10-11-7-4-3-5-8-11/h3-5,7-8,12H,2,6,10H2,1H3,(H,16,17). The van der Waals surface area contributed by atoms with Crippen LogP contribution in [0, 0.1) is 11.3 Å². The molecule has 4 heteroatoms. The van der Waals surface area contributed by atoms with Crippen molar-refractivity contribution in [2.24, 2.45) is 0 Å². The van der Waals surface area contributed by atoms with Crippen LogP contribution in [0.25, 0.3) is 0 Å². The third-order valence-electron chi connectivity index (χ3n) is 2.53. The van der Waals surface area contributed by atoms with Crippen molar-refractivity contribution in [1.29, 1.82) is 5.26 Å². The number of hydrogen-bond donors (Lipinski definition) is 1. The lowest BCUT2D eigenvalue weighted by Gasteiger charge is -2.24. The van der Waals surface area contributed by atoms with E-state index >= 15 is 0 Å². The topological polar surface area (TPSA) is 64.3 Å². The number of rotatable bonds is 5. The maximum atomic E-state index is 11.2. The van der Waals surface area contributed by atoms with Crippen LogP contribution >= 0.6 is 0 Å². The van der Waals surface area contributed by atoms with Gasteiger partial charge in [-0.15, -0.1) is 0 Å². The largest absolute Gasteiger partial charge is 0.465 e. The van der Waals surface area contributed by atoms with Gasteiger partial charge in [-0.3, -0.25) is 4.90 Å². The summed E-state index contributed by atoms with van der Waals surface area (Å²) in [4.78, 5) is 12.3. The SMILES string of the molecule is CCCC(C#N)N(Cc1ccccc1)C(=O)O. The lowest BCUT2D eigenvalue weighted by molar-refractivity contribution is 0.129. The first-order chi connectivity index (χ1) is 8.19. The van der Waals surface area contributed by atoms with Gasteiger partial charge in [-0.25, -0.2) is 4.79 Å². The smallest absolute Gasteiger partial charge is 0.408 e. The van der Waals surface area contributed by atoms with Gasteiger partial charge in [-0.05, 0) is 12.0 Å². The van der Waals surface area contributed by atoms with Crippen molar-refractivity contribution in [2.75, 3.05) is 0 Å². The minimum Gasteiger partial charge on any atom is -0.465 e. The van der Waals surface area contributed by atoms with Crippen molar-refractivity contribution in [3.63, 3.8) is 0 Å². The van der Waals surface area contributed by atoms with Crippen molar-refractivity contribution in [1.82, 2.24) is 4.90 Å². The van der Waals surface area contributed by atoms with Crippen LogP contribution in [0.3, 0.4) is 0 Å². The molecule has 0 aromatic heterocycles. The highest BCUT2D eigenvalue weighted by Crippen LogP contribution is 2.12. The van der Waals surface area contributed by atoms with Crippen molar-refractivity contribution in [3.05, 3.63) is 35.9 Å². The van der Waals surface area contributed by atoms with Gasteiger partial charge in [0.05, 0.1) is 12.6 Å². The fourth-order valence-corrected chi connectivity index (χ4v) is 1.65. The molecule has 1 N–H and O–H groups in total. The van der Waals surface area contributed by atoms with Gasteiger partial charge in [-0.2, -0.15) is 5.26 Å². The minimum absolute atomic E-state index is 0.258. The zero-order valence-corrected chi connectivity index (χ0v) is 9.84. The fourth-order valence-electron chi connectivity index (χ4n) is 1.65. The Morgan fingerprint density at radius 2 is 2.12 bits per heavy atom. The lowest BCUT2D eigenvalue weighted by atomic mass is 10.1. The Morgan fingerprint density at radius 3 is 2.59 bits per heavy atom. The van der Waals surface area contributed by atoms with Gasteiger partial charge in [-0.1, -0.05) is 43.7 Å². The summed E-state index contributed by atoms with van der Waals surface area (Å²) in [6.45, 7) is 2.20. The molecule has 1 atom stereocenters. The number of carbonyl (C=O) groups is 1. The highest BCUT2D eigenvalue weighted by molar-refractivity contribution is 5.66. The van der Waals surface area contributed by atoms with Crippen LogP contribution in [0.2, 0.25) is 0 Å². The van der Waals surface area contributed by atoms with Crippen molar-refractivity contribution >= 4 is 6.09 Å². The summed E-state index contributed by atoms with van der Waals surface area (Å²) in [6.07, 6.45) is 0.306. The normalized spacial score (nSPS) is 11.5. The second-order valence-corrected chi connectivity index (χ2v) is 3.83. The van der Waals surface area contributed by atoms with Crippen molar-refractivity contribution in [2.45, 2.75) is 32.4 Å². The zero-order valence-electron chi connectivity index (χ0n) is 9.84. The van der Waals surface area contributed by atoms with Gasteiger partial charge in [0.25, 0.3) is 0 Å². The maximum Gasteiger partial charge on any atom is 0.408 e. The molecule has 0 aliphatic rings. The monoisotopic (exact) mass is 232 g/mol. The molecule has 90 valence electrons. The summed E-state index contributed by atoms with van der Waals surface area (Å²) in [6, 6.07) is 10.8. The van der Waals surface area contributed by atoms with Gasteiger partial charge in [0, 0.05) is 0 Å². The highest BCUT2D eigenvalue weighted by atomic mass is 16.4. The van der Waals surface area contributed by atoms with Crippen LogP contribution < -0.4 is 0 Å². The summed E-state index contributed by atoms with van der Waals surface area (Å²) in [5, 5.41) is 18.1. The molecule has 0 spiro atoms. The predicted molar refractivity (Wildman–Crippen MR) is 64.3 cm³/mol. The molecular weight excluding hydrogens is 216 g/mol. The number of hydrogen-bond acceptors (Lipinski definition) is 2. The lowest BCUT2D eigenvalue weighted by Crippen LogP contribution is -2.37. The average Bonchev–Trinajstić information content (AvgIpc) is 2.34. The number of carboxylic acid groups (broad SMARTS) is 1. The first-order valence-corrected chi connectivity index (χ1v) is 5.62. The van der Waals surface area contributed by atoms with E-state index < -0.39 is 12.1 Å². The van der Waals surface area contributed by atoms with E-state index in [9.17, 15) is 4.79 Å². The molecule has 1 aromatic rings. The predicted octanol–water partition coefficient (Wildman–Crippen LogP) is 2.86. The summed E-state index contributed by atoms with van der Waals surface area (Å²) in [7, 11) is 0. The average molecular weight is 232 g/mol. The molecule has 17 heavy (non-hydrogen) atoms. The summed E-state index contributed by atoms with van der Waals surface area (Å²) in [5.41, 5.74) is 0.895. The molecule has 0 radical (unpaired) electrons. The maximum absolute atomic E-state index is 11.2. The van der Waals surface area contributed by atoms with Crippen LogP contribution in [0.15, 0.2) is 30.3 Å². The Bertz CT molecular complexity index is 398. The summed E-state index contributed by atoms with van der Waals surface area (Å²) in [5.74, 6) is 0. The van der Waals surface area contributed by atoms with Crippen LogP contribution in [-0.4, -0.2) is 22.1 Å². The van der Waals surface area contributed by atoms with Gasteiger partial charge >= 0.3 is 6.09 Å². The van der Waals surface area contributed by atoms with Gasteiger partial charge in [0.1, 0.15) is 6.04 Å². The Labute approximate surface area is 101 Å². The minimum atomic E-state index is -1.05. The second-order valence-electron chi connectivity index (χ2n) is 3.83. The number of nitriles is 1. The van der Waals surface area contributed by atoms with E-state index in [0.29, 0.717) is 6.42 Å². The molecule has 1 unspecified atom stereocenters. The highest BCUT2D eigenvalue weighted by Gasteiger charge is 2.22. The zero-order chi connectivity index (χ0) is 12.7. The molecule has 0 bridgehead atoms. The second kappa shape index (κ2) is 6.54. The molecular formula is C13H16N2O2. The number of benzene rings is 1. The van der Waals surface area contributed by atoms with E-state index in [1.807, 2.05) is 43.3 Å². The van der Waals surface area contributed by atoms with Gasteiger partial charge in [0.2, 0.25) is 0 Å². The third-order valence-corrected chi connectivity index (χ3v) is 2.53. The quantitative estimate of drug-likeness (QED) is 0.848. The Morgan fingerprint density at radius 1 is 1.47 bits per heavy atom. The first kappa shape index (κ1) is 13.0. The number of amides is 1. The Hall–Kier alpha value is -2.02. The van der Waals surface area contributed by atoms with Crippen LogP contribution in [0.1, 0.15) is 25.3 Å². The van der Waals surface area contributed by atoms with E-state index in [1.165, 1.54) is 4.90 Å². The van der Waals surface area contributed by atoms with Crippen LogP contribution in [0.5, 0.6) is 0 Å². The Kier molecular flexibility index (Phi) is 5.02. The summed E-state index contributed by atoms with van der Waals surface area (Å²) < 4.78 is 0. The molecule has 1 aromatic carbocycles. The van der Waals surface area contributed by atoms with E-state index in [1.54, 1.807) is 0 Å². The molecule has 1 rings (SSSR count). The molecule has 0 heterocycles. The van der Waals surface area contributed by atoms with Crippen LogP contribution in [0.4, 0.5) is 4.79 Å². The summed E-state index contributed by atoms with van der Waals surface area (Å²) >= 11 is 0. The van der Waals surface area contributed by atoms with E-state index in [4.69, 9.17) is 10.4 Å². The van der Waals surface area contributed by atoms with E-state index in [0.717, 1.165) is 12.0 Å². The molecule has 0 aliphatic heterocycles. The molecule has 0 saturated heterocycles. The Balaban J connectivity index is 2.80. The van der Waals surface area contributed by atoms with Gasteiger partial charge < -0.3 is 5.11 Å².